The molecule has 8 heteroatoms. The number of nitrogens with one attached hydrogen (secondary N) is 1. The van der Waals surface area contributed by atoms with Crippen molar-refractivity contribution in [3.05, 3.63) is 53.9 Å². The number of rotatable bonds is 6. The third kappa shape index (κ3) is 5.27. The highest BCUT2D eigenvalue weighted by Crippen LogP contribution is 2.27. The second-order valence-electron chi connectivity index (χ2n) is 5.19. The van der Waals surface area contributed by atoms with E-state index in [2.05, 4.69) is 10.3 Å². The average Bonchev–Trinajstić information content (AvgIpc) is 3.02. The molecule has 0 saturated heterocycles. The van der Waals surface area contributed by atoms with Crippen LogP contribution in [0.15, 0.2) is 53.9 Å². The van der Waals surface area contributed by atoms with E-state index in [0.717, 1.165) is 11.8 Å². The van der Waals surface area contributed by atoms with Gasteiger partial charge in [-0.25, -0.2) is 13.4 Å². The molecule has 0 radical (unpaired) electrons. The predicted molar refractivity (Wildman–Crippen MR) is 103 cm³/mol. The van der Waals surface area contributed by atoms with Gasteiger partial charge in [0.15, 0.2) is 5.13 Å². The van der Waals surface area contributed by atoms with Gasteiger partial charge >= 0.3 is 0 Å². The molecule has 132 valence electrons. The molecule has 0 saturated carbocycles. The predicted octanol–water partition coefficient (Wildman–Crippen LogP) is 3.28. The van der Waals surface area contributed by atoms with Gasteiger partial charge in [0.05, 0.1) is 17.6 Å². The number of nitrogens with zero attached hydrogens (tertiary/aromatic N) is 2. The molecule has 2 aromatic rings. The largest absolute Gasteiger partial charge is 0.298 e. The number of amides is 1. The minimum absolute atomic E-state index is 0.246. The van der Waals surface area contributed by atoms with Gasteiger partial charge in [0, 0.05) is 24.1 Å². The topological polar surface area (TPSA) is 79.4 Å². The summed E-state index contributed by atoms with van der Waals surface area (Å²) in [5.74, 6) is -0.246. The van der Waals surface area contributed by atoms with Crippen LogP contribution in [0.4, 0.5) is 10.8 Å². The maximum atomic E-state index is 11.7. The SMILES string of the molecule is C/C=C/C=C/C(=O)Nc1nc(-c2ccc(N(C)S(C)(=O)=O)cc2)cs1. The van der Waals surface area contributed by atoms with Crippen LogP contribution in [-0.4, -0.2) is 32.6 Å². The summed E-state index contributed by atoms with van der Waals surface area (Å²) in [6, 6.07) is 7.02. The van der Waals surface area contributed by atoms with Gasteiger partial charge in [-0.3, -0.25) is 14.4 Å². The van der Waals surface area contributed by atoms with Crippen LogP contribution in [-0.2, 0) is 14.8 Å². The van der Waals surface area contributed by atoms with Crippen LogP contribution >= 0.6 is 11.3 Å². The number of allylic oxidation sites excluding steroid dienone is 3. The maximum Gasteiger partial charge on any atom is 0.250 e. The summed E-state index contributed by atoms with van der Waals surface area (Å²) >= 11 is 1.33. The number of hydrogen-bond acceptors (Lipinski definition) is 5. The van der Waals surface area contributed by atoms with Crippen molar-refractivity contribution in [1.29, 1.82) is 0 Å². The molecular weight excluding hydrogens is 358 g/mol. The first-order valence-electron chi connectivity index (χ1n) is 7.41. The smallest absolute Gasteiger partial charge is 0.250 e. The molecule has 0 atom stereocenters. The van der Waals surface area contributed by atoms with Crippen molar-refractivity contribution in [3.8, 4) is 11.3 Å². The van der Waals surface area contributed by atoms with Crippen molar-refractivity contribution >= 4 is 38.1 Å². The van der Waals surface area contributed by atoms with Crippen LogP contribution in [0.2, 0.25) is 0 Å². The van der Waals surface area contributed by atoms with E-state index in [0.29, 0.717) is 16.5 Å². The third-order valence-electron chi connectivity index (χ3n) is 3.31. The first kappa shape index (κ1) is 18.9. The fourth-order valence-electron chi connectivity index (χ4n) is 1.90. The molecule has 6 nitrogen and oxygen atoms in total. The fraction of sp³-hybridized carbons (Fsp3) is 0.176. The van der Waals surface area contributed by atoms with Crippen LogP contribution in [0.5, 0.6) is 0 Å². The van der Waals surface area contributed by atoms with Gasteiger partial charge < -0.3 is 0 Å². The highest BCUT2D eigenvalue weighted by Gasteiger charge is 2.12. The number of thiazole rings is 1. The Hall–Kier alpha value is -2.45. The van der Waals surface area contributed by atoms with Crippen molar-refractivity contribution in [2.45, 2.75) is 6.92 Å². The zero-order chi connectivity index (χ0) is 18.4. The Morgan fingerprint density at radius 3 is 2.52 bits per heavy atom. The zero-order valence-electron chi connectivity index (χ0n) is 14.1. The lowest BCUT2D eigenvalue weighted by Crippen LogP contribution is -2.24. The summed E-state index contributed by atoms with van der Waals surface area (Å²) < 4.78 is 24.3. The van der Waals surface area contributed by atoms with Gasteiger partial charge in [-0.1, -0.05) is 30.4 Å². The van der Waals surface area contributed by atoms with Crippen molar-refractivity contribution in [2.24, 2.45) is 0 Å². The monoisotopic (exact) mass is 377 g/mol. The number of hydrogen-bond donors (Lipinski definition) is 1. The van der Waals surface area contributed by atoms with Crippen molar-refractivity contribution in [2.75, 3.05) is 22.9 Å². The van der Waals surface area contributed by atoms with E-state index in [9.17, 15) is 13.2 Å². The Morgan fingerprint density at radius 2 is 1.92 bits per heavy atom. The molecule has 1 amide bonds. The van der Waals surface area contributed by atoms with Gasteiger partial charge in [-0.05, 0) is 19.1 Å². The second-order valence-corrected chi connectivity index (χ2v) is 8.06. The van der Waals surface area contributed by atoms with Gasteiger partial charge in [-0.2, -0.15) is 0 Å². The van der Waals surface area contributed by atoms with Crippen molar-refractivity contribution in [3.63, 3.8) is 0 Å². The summed E-state index contributed by atoms with van der Waals surface area (Å²) in [5.41, 5.74) is 2.13. The summed E-state index contributed by atoms with van der Waals surface area (Å²) in [5, 5.41) is 5.04. The Labute approximate surface area is 151 Å². The first-order chi connectivity index (χ1) is 11.8. The Balaban J connectivity index is 2.11. The number of aromatic nitrogens is 1. The molecule has 2 rings (SSSR count). The van der Waals surface area contributed by atoms with Crippen molar-refractivity contribution in [1.82, 2.24) is 4.98 Å². The van der Waals surface area contributed by atoms with Gasteiger partial charge in [0.25, 0.3) is 0 Å². The molecule has 0 aliphatic rings. The molecule has 0 bridgehead atoms. The number of benzene rings is 1. The molecule has 0 spiro atoms. The minimum atomic E-state index is -3.29. The third-order valence-corrected chi connectivity index (χ3v) is 5.27. The van der Waals surface area contributed by atoms with Crippen molar-refractivity contribution < 1.29 is 13.2 Å². The van der Waals surface area contributed by atoms with Crippen LogP contribution in [0.25, 0.3) is 11.3 Å². The standard InChI is InChI=1S/C17H19N3O3S2/c1-4-5-6-7-16(21)19-17-18-15(12-24-17)13-8-10-14(11-9-13)20(2)25(3,22)23/h4-12H,1-3H3,(H,18,19,21)/b5-4+,7-6+. The van der Waals surface area contributed by atoms with Gasteiger partial charge in [0.2, 0.25) is 15.9 Å². The lowest BCUT2D eigenvalue weighted by molar-refractivity contribution is -0.111. The van der Waals surface area contributed by atoms with E-state index in [1.54, 1.807) is 36.4 Å². The van der Waals surface area contributed by atoms with Crippen LogP contribution < -0.4 is 9.62 Å². The molecule has 1 aromatic carbocycles. The molecule has 1 aromatic heterocycles. The molecule has 1 N–H and O–H groups in total. The maximum absolute atomic E-state index is 11.7. The molecule has 0 aliphatic heterocycles. The normalized spacial score (nSPS) is 12.0. The first-order valence-corrected chi connectivity index (χ1v) is 10.1. The van der Waals surface area contributed by atoms with Gasteiger partial charge in [-0.15, -0.1) is 11.3 Å². The molecular formula is C17H19N3O3S2. The lowest BCUT2D eigenvalue weighted by atomic mass is 10.1. The zero-order valence-corrected chi connectivity index (χ0v) is 15.8. The fourth-order valence-corrected chi connectivity index (χ4v) is 3.13. The van der Waals surface area contributed by atoms with Crippen LogP contribution in [0.3, 0.4) is 0 Å². The molecule has 0 fully saturated rings. The number of sulfonamides is 1. The summed E-state index contributed by atoms with van der Waals surface area (Å²) in [6.07, 6.45) is 7.83. The summed E-state index contributed by atoms with van der Waals surface area (Å²) in [6.45, 7) is 1.87. The average molecular weight is 377 g/mol. The lowest BCUT2D eigenvalue weighted by Gasteiger charge is -2.16. The van der Waals surface area contributed by atoms with E-state index >= 15 is 0 Å². The molecule has 0 unspecified atom stereocenters. The van der Waals surface area contributed by atoms with Crippen LogP contribution in [0.1, 0.15) is 6.92 Å². The van der Waals surface area contributed by atoms with E-state index in [1.807, 2.05) is 18.4 Å². The molecule has 0 aliphatic carbocycles. The molecule has 1 heterocycles. The minimum Gasteiger partial charge on any atom is -0.298 e. The molecule has 25 heavy (non-hydrogen) atoms. The van der Waals surface area contributed by atoms with E-state index in [4.69, 9.17) is 0 Å². The van der Waals surface area contributed by atoms with E-state index < -0.39 is 10.0 Å². The number of anilines is 2. The highest BCUT2D eigenvalue weighted by atomic mass is 32.2. The van der Waals surface area contributed by atoms with E-state index in [1.165, 1.54) is 28.8 Å². The Bertz CT molecular complexity index is 897. The number of carbonyl (C=O) groups excluding carboxylic acids is 1. The second kappa shape index (κ2) is 8.09. The number of carbonyl (C=O) groups is 1. The summed E-state index contributed by atoms with van der Waals surface area (Å²) in [4.78, 5) is 16.1. The summed E-state index contributed by atoms with van der Waals surface area (Å²) in [7, 11) is -1.79. The Kier molecular flexibility index (Phi) is 6.11. The highest BCUT2D eigenvalue weighted by molar-refractivity contribution is 7.92. The van der Waals surface area contributed by atoms with Gasteiger partial charge in [0.1, 0.15) is 0 Å². The van der Waals surface area contributed by atoms with Crippen LogP contribution in [0, 0.1) is 0 Å². The quantitative estimate of drug-likeness (QED) is 0.619. The van der Waals surface area contributed by atoms with E-state index in [-0.39, 0.29) is 5.91 Å². The Morgan fingerprint density at radius 1 is 1.24 bits per heavy atom.